The van der Waals surface area contributed by atoms with Crippen LogP contribution in [-0.2, 0) is 5.41 Å². The number of nitrogens with zero attached hydrogens (tertiary/aromatic N) is 1. The molecule has 0 aromatic heterocycles. The van der Waals surface area contributed by atoms with Gasteiger partial charge in [0.05, 0.1) is 11.1 Å². The predicted molar refractivity (Wildman–Crippen MR) is 106 cm³/mol. The van der Waals surface area contributed by atoms with Gasteiger partial charge in [-0.1, -0.05) is 33.8 Å². The van der Waals surface area contributed by atoms with Gasteiger partial charge in [0.2, 0.25) is 0 Å². The first-order chi connectivity index (χ1) is 11.8. The highest BCUT2D eigenvalue weighted by Gasteiger charge is 2.19. The molecule has 140 valence electrons. The fourth-order valence-corrected chi connectivity index (χ4v) is 3.35. The summed E-state index contributed by atoms with van der Waals surface area (Å²) in [4.78, 5) is 14.0. The first-order valence-corrected chi connectivity index (χ1v) is 10.0. The summed E-state index contributed by atoms with van der Waals surface area (Å²) in [5.41, 5.74) is 1.40. The Hall–Kier alpha value is -1.23. The average Bonchev–Trinajstić information content (AvgIpc) is 2.55. The van der Waals surface area contributed by atoms with Crippen LogP contribution in [0.25, 0.3) is 0 Å². The number of carbonyl (C=O) groups excluding carboxylic acids is 1. The van der Waals surface area contributed by atoms with Crippen LogP contribution in [0.4, 0.5) is 4.79 Å². The molecule has 1 aliphatic rings. The molecule has 0 radical (unpaired) electrons. The minimum Gasteiger partial charge on any atom is -0.492 e. The maximum Gasteiger partial charge on any atom is 0.317 e. The number of hydrogen-bond donors (Lipinski definition) is 1. The molecule has 4 nitrogen and oxygen atoms in total. The molecule has 0 bridgehead atoms. The molecule has 0 saturated carbocycles. The normalized spacial score (nSPS) is 16.0. The van der Waals surface area contributed by atoms with Crippen LogP contribution >= 0.6 is 15.9 Å². The van der Waals surface area contributed by atoms with Crippen molar-refractivity contribution in [3.05, 3.63) is 28.2 Å². The molecule has 1 aliphatic heterocycles. The van der Waals surface area contributed by atoms with Gasteiger partial charge in [0, 0.05) is 19.6 Å². The molecule has 1 heterocycles. The smallest absolute Gasteiger partial charge is 0.317 e. The molecule has 0 atom stereocenters. The van der Waals surface area contributed by atoms with Crippen molar-refractivity contribution in [2.24, 2.45) is 5.92 Å². The lowest BCUT2D eigenvalue weighted by molar-refractivity contribution is 0.173. The van der Waals surface area contributed by atoms with Crippen LogP contribution in [-0.4, -0.2) is 37.2 Å². The van der Waals surface area contributed by atoms with E-state index in [0.29, 0.717) is 13.2 Å². The summed E-state index contributed by atoms with van der Waals surface area (Å²) in [6.07, 6.45) is 3.01. The number of halogens is 1. The molecule has 1 aromatic rings. The van der Waals surface area contributed by atoms with Crippen LogP contribution in [0.1, 0.15) is 52.5 Å². The number of nitrogens with one attached hydrogen (secondary N) is 1. The maximum atomic E-state index is 12.1. The maximum absolute atomic E-state index is 12.1. The van der Waals surface area contributed by atoms with Gasteiger partial charge in [-0.15, -0.1) is 0 Å². The Morgan fingerprint density at radius 1 is 1.32 bits per heavy atom. The minimum atomic E-state index is 0.0580. The van der Waals surface area contributed by atoms with Crippen LogP contribution in [0.3, 0.4) is 0 Å². The number of benzene rings is 1. The third kappa shape index (κ3) is 6.21. The van der Waals surface area contributed by atoms with E-state index in [0.717, 1.165) is 48.5 Å². The number of amides is 2. The van der Waals surface area contributed by atoms with Crippen LogP contribution in [0.2, 0.25) is 0 Å². The van der Waals surface area contributed by atoms with Gasteiger partial charge < -0.3 is 15.0 Å². The van der Waals surface area contributed by atoms with Gasteiger partial charge in [-0.05, 0) is 64.2 Å². The first kappa shape index (κ1) is 20.1. The zero-order valence-electron chi connectivity index (χ0n) is 15.9. The number of carbonyl (C=O) groups is 1. The molecule has 2 rings (SSSR count). The summed E-state index contributed by atoms with van der Waals surface area (Å²) in [5.74, 6) is 1.59. The number of likely N-dealkylation sites (tertiary alicyclic amines) is 1. The van der Waals surface area contributed by atoms with Gasteiger partial charge in [0.1, 0.15) is 5.75 Å². The zero-order chi connectivity index (χ0) is 18.4. The van der Waals surface area contributed by atoms with Gasteiger partial charge in [-0.3, -0.25) is 0 Å². The predicted octanol–water partition coefficient (Wildman–Crippen LogP) is 4.96. The van der Waals surface area contributed by atoms with Gasteiger partial charge >= 0.3 is 6.03 Å². The highest BCUT2D eigenvalue weighted by atomic mass is 79.9. The van der Waals surface area contributed by atoms with E-state index < -0.39 is 0 Å². The molecular formula is C20H31BrN2O2. The second-order valence-electron chi connectivity index (χ2n) is 8.00. The zero-order valence-corrected chi connectivity index (χ0v) is 17.5. The quantitative estimate of drug-likeness (QED) is 0.696. The fourth-order valence-electron chi connectivity index (χ4n) is 2.86. The summed E-state index contributed by atoms with van der Waals surface area (Å²) in [5, 5.41) is 2.99. The summed E-state index contributed by atoms with van der Waals surface area (Å²) in [7, 11) is 0. The van der Waals surface area contributed by atoms with E-state index >= 15 is 0 Å². The monoisotopic (exact) mass is 410 g/mol. The molecule has 0 unspecified atom stereocenters. The van der Waals surface area contributed by atoms with E-state index in [-0.39, 0.29) is 11.4 Å². The van der Waals surface area contributed by atoms with Crippen molar-refractivity contribution < 1.29 is 9.53 Å². The number of urea groups is 1. The van der Waals surface area contributed by atoms with E-state index in [1.807, 2.05) is 11.0 Å². The average molecular weight is 411 g/mol. The Labute approximate surface area is 160 Å². The standard InChI is InChI=1S/C20H31BrN2O2/c1-15-8-11-23(12-9-15)19(24)22-10-5-13-25-18-7-6-16(14-17(18)21)20(2,3)4/h6-7,14-15H,5,8-13H2,1-4H3,(H,22,24). The van der Waals surface area contributed by atoms with Crippen molar-refractivity contribution in [1.29, 1.82) is 0 Å². The molecule has 25 heavy (non-hydrogen) atoms. The molecule has 5 heteroatoms. The molecule has 0 aliphatic carbocycles. The number of rotatable bonds is 5. The van der Waals surface area contributed by atoms with E-state index in [9.17, 15) is 4.79 Å². The minimum absolute atomic E-state index is 0.0580. The molecule has 0 spiro atoms. The number of piperidine rings is 1. The number of ether oxygens (including phenoxy) is 1. The number of hydrogen-bond acceptors (Lipinski definition) is 2. The fraction of sp³-hybridized carbons (Fsp3) is 0.650. The van der Waals surface area contributed by atoms with Gasteiger partial charge in [0.15, 0.2) is 0 Å². The lowest BCUT2D eigenvalue weighted by atomic mass is 9.87. The lowest BCUT2D eigenvalue weighted by Crippen LogP contribution is -2.44. The van der Waals surface area contributed by atoms with Crippen molar-refractivity contribution in [1.82, 2.24) is 10.2 Å². The van der Waals surface area contributed by atoms with Crippen molar-refractivity contribution >= 4 is 22.0 Å². The second kappa shape index (κ2) is 8.93. The Kier molecular flexibility index (Phi) is 7.17. The van der Waals surface area contributed by atoms with Gasteiger partial charge in [-0.25, -0.2) is 4.79 Å². The van der Waals surface area contributed by atoms with E-state index in [2.05, 4.69) is 61.1 Å². The SMILES string of the molecule is CC1CCN(C(=O)NCCCOc2ccc(C(C)(C)C)cc2Br)CC1. The highest BCUT2D eigenvalue weighted by molar-refractivity contribution is 9.10. The Morgan fingerprint density at radius 3 is 2.60 bits per heavy atom. The van der Waals surface area contributed by atoms with Crippen LogP contribution in [0, 0.1) is 5.92 Å². The van der Waals surface area contributed by atoms with Crippen LogP contribution in [0.15, 0.2) is 22.7 Å². The highest BCUT2D eigenvalue weighted by Crippen LogP contribution is 2.31. The van der Waals surface area contributed by atoms with Crippen LogP contribution in [0.5, 0.6) is 5.75 Å². The third-order valence-corrected chi connectivity index (χ3v) is 5.34. The molecule has 1 fully saturated rings. The van der Waals surface area contributed by atoms with Gasteiger partial charge in [-0.2, -0.15) is 0 Å². The molecule has 2 amide bonds. The molecule has 1 saturated heterocycles. The molecule has 1 aromatic carbocycles. The summed E-state index contributed by atoms with van der Waals surface area (Å²) >= 11 is 3.59. The summed E-state index contributed by atoms with van der Waals surface area (Å²) in [6.45, 7) is 11.8. The summed E-state index contributed by atoms with van der Waals surface area (Å²) < 4.78 is 6.81. The van der Waals surface area contributed by atoms with Crippen molar-refractivity contribution in [2.75, 3.05) is 26.2 Å². The lowest BCUT2D eigenvalue weighted by Gasteiger charge is -2.30. The van der Waals surface area contributed by atoms with Crippen molar-refractivity contribution in [3.63, 3.8) is 0 Å². The first-order valence-electron chi connectivity index (χ1n) is 9.23. The van der Waals surface area contributed by atoms with Gasteiger partial charge in [0.25, 0.3) is 0 Å². The molecular weight excluding hydrogens is 380 g/mol. The van der Waals surface area contributed by atoms with Crippen LogP contribution < -0.4 is 10.1 Å². The Balaban J connectivity index is 1.68. The Bertz CT molecular complexity index is 576. The van der Waals surface area contributed by atoms with Crippen molar-refractivity contribution in [3.8, 4) is 5.75 Å². The van der Waals surface area contributed by atoms with E-state index in [4.69, 9.17) is 4.74 Å². The topological polar surface area (TPSA) is 41.6 Å². The van der Waals surface area contributed by atoms with E-state index in [1.165, 1.54) is 5.56 Å². The van der Waals surface area contributed by atoms with E-state index in [1.54, 1.807) is 0 Å². The third-order valence-electron chi connectivity index (χ3n) is 4.72. The Morgan fingerprint density at radius 2 is 2.00 bits per heavy atom. The second-order valence-corrected chi connectivity index (χ2v) is 8.85. The molecule has 1 N–H and O–H groups in total. The van der Waals surface area contributed by atoms with Crippen molar-refractivity contribution in [2.45, 2.75) is 52.4 Å². The summed E-state index contributed by atoms with van der Waals surface area (Å²) in [6, 6.07) is 6.30. The largest absolute Gasteiger partial charge is 0.492 e.